The summed E-state index contributed by atoms with van der Waals surface area (Å²) >= 11 is 0. The number of anilines is 1. The van der Waals surface area contributed by atoms with Crippen LogP contribution in [-0.2, 0) is 10.0 Å². The molecule has 110 valence electrons. The second kappa shape index (κ2) is 5.41. The number of phenolic OH excluding ortho intramolecular Hbond substituents is 1. The van der Waals surface area contributed by atoms with Crippen LogP contribution in [0.4, 0.5) is 11.4 Å². The molecule has 7 nitrogen and oxygen atoms in total. The molecule has 0 aliphatic carbocycles. The standard InChI is InChI=1S/C13H12N2O5S/c1-9-7-10(5-6-13(9)16)14-21(19,20)12-4-2-3-11(8-12)15(17)18/h2-8,14,16H,1H3. The molecule has 21 heavy (non-hydrogen) atoms. The number of nitro groups is 1. The molecule has 0 saturated carbocycles. The second-order valence-electron chi connectivity index (χ2n) is 4.36. The monoisotopic (exact) mass is 308 g/mol. The van der Waals surface area contributed by atoms with Crippen LogP contribution in [-0.4, -0.2) is 18.4 Å². The zero-order valence-corrected chi connectivity index (χ0v) is 11.8. The molecule has 0 spiro atoms. The summed E-state index contributed by atoms with van der Waals surface area (Å²) < 4.78 is 26.7. The predicted molar refractivity (Wildman–Crippen MR) is 76.7 cm³/mol. The molecule has 0 radical (unpaired) electrons. The van der Waals surface area contributed by atoms with Crippen molar-refractivity contribution in [2.24, 2.45) is 0 Å². The van der Waals surface area contributed by atoms with E-state index in [1.807, 2.05) is 0 Å². The molecule has 0 amide bonds. The van der Waals surface area contributed by atoms with Crippen molar-refractivity contribution in [3.05, 3.63) is 58.1 Å². The van der Waals surface area contributed by atoms with Crippen LogP contribution >= 0.6 is 0 Å². The third kappa shape index (κ3) is 3.29. The molecule has 0 atom stereocenters. The van der Waals surface area contributed by atoms with Crippen molar-refractivity contribution in [2.75, 3.05) is 4.72 Å². The van der Waals surface area contributed by atoms with Gasteiger partial charge in [-0.15, -0.1) is 0 Å². The summed E-state index contributed by atoms with van der Waals surface area (Å²) in [5.41, 5.74) is 0.464. The molecule has 8 heteroatoms. The van der Waals surface area contributed by atoms with Crippen LogP contribution in [0, 0.1) is 17.0 Å². The van der Waals surface area contributed by atoms with E-state index in [2.05, 4.69) is 4.72 Å². The Morgan fingerprint density at radius 1 is 1.19 bits per heavy atom. The molecule has 0 saturated heterocycles. The number of hydrogen-bond donors (Lipinski definition) is 2. The summed E-state index contributed by atoms with van der Waals surface area (Å²) in [6, 6.07) is 8.98. The Kier molecular flexibility index (Phi) is 3.81. The maximum atomic E-state index is 12.2. The van der Waals surface area contributed by atoms with Crippen molar-refractivity contribution in [1.29, 1.82) is 0 Å². The van der Waals surface area contributed by atoms with Gasteiger partial charge in [-0.3, -0.25) is 14.8 Å². The van der Waals surface area contributed by atoms with Crippen molar-refractivity contribution >= 4 is 21.4 Å². The summed E-state index contributed by atoms with van der Waals surface area (Å²) in [5, 5.41) is 20.1. The van der Waals surface area contributed by atoms with E-state index in [1.54, 1.807) is 6.92 Å². The highest BCUT2D eigenvalue weighted by molar-refractivity contribution is 7.92. The summed E-state index contributed by atoms with van der Waals surface area (Å²) in [7, 11) is -3.94. The topological polar surface area (TPSA) is 110 Å². The van der Waals surface area contributed by atoms with Gasteiger partial charge in [-0.25, -0.2) is 8.42 Å². The molecular weight excluding hydrogens is 296 g/mol. The van der Waals surface area contributed by atoms with Crippen LogP contribution < -0.4 is 4.72 Å². The lowest BCUT2D eigenvalue weighted by atomic mass is 10.2. The maximum Gasteiger partial charge on any atom is 0.270 e. The van der Waals surface area contributed by atoms with Gasteiger partial charge < -0.3 is 5.11 Å². The third-order valence-electron chi connectivity index (χ3n) is 2.79. The van der Waals surface area contributed by atoms with Gasteiger partial charge in [0.15, 0.2) is 0 Å². The van der Waals surface area contributed by atoms with E-state index in [-0.39, 0.29) is 22.0 Å². The number of rotatable bonds is 4. The van der Waals surface area contributed by atoms with Gasteiger partial charge in [0.1, 0.15) is 5.75 Å². The Balaban J connectivity index is 2.36. The van der Waals surface area contributed by atoms with Gasteiger partial charge in [-0.2, -0.15) is 0 Å². The van der Waals surface area contributed by atoms with Gasteiger partial charge >= 0.3 is 0 Å². The van der Waals surface area contributed by atoms with Crippen molar-refractivity contribution in [3.63, 3.8) is 0 Å². The van der Waals surface area contributed by atoms with Crippen LogP contribution in [0.15, 0.2) is 47.4 Å². The minimum Gasteiger partial charge on any atom is -0.508 e. The van der Waals surface area contributed by atoms with E-state index in [0.29, 0.717) is 5.56 Å². The number of aryl methyl sites for hydroxylation is 1. The normalized spacial score (nSPS) is 11.1. The van der Waals surface area contributed by atoms with Crippen molar-refractivity contribution < 1.29 is 18.4 Å². The van der Waals surface area contributed by atoms with Gasteiger partial charge in [-0.1, -0.05) is 6.07 Å². The van der Waals surface area contributed by atoms with Crippen LogP contribution in [0.3, 0.4) is 0 Å². The van der Waals surface area contributed by atoms with Crippen LogP contribution in [0.1, 0.15) is 5.56 Å². The number of non-ortho nitro benzene ring substituents is 1. The first-order valence-electron chi connectivity index (χ1n) is 5.86. The van der Waals surface area contributed by atoms with Crippen molar-refractivity contribution in [1.82, 2.24) is 0 Å². The molecule has 0 aliphatic heterocycles. The fraction of sp³-hybridized carbons (Fsp3) is 0.0769. The Hall–Kier alpha value is -2.61. The van der Waals surface area contributed by atoms with Crippen LogP contribution in [0.2, 0.25) is 0 Å². The number of benzene rings is 2. The number of aromatic hydroxyl groups is 1. The Morgan fingerprint density at radius 3 is 2.52 bits per heavy atom. The fourth-order valence-corrected chi connectivity index (χ4v) is 2.79. The largest absolute Gasteiger partial charge is 0.508 e. The zero-order chi connectivity index (χ0) is 15.6. The van der Waals surface area contributed by atoms with E-state index < -0.39 is 14.9 Å². The number of phenols is 1. The molecule has 0 heterocycles. The molecule has 0 aliphatic rings. The maximum absolute atomic E-state index is 12.2. The summed E-state index contributed by atoms with van der Waals surface area (Å²) in [6.07, 6.45) is 0. The molecule has 0 fully saturated rings. The second-order valence-corrected chi connectivity index (χ2v) is 6.04. The first-order chi connectivity index (χ1) is 9.79. The number of sulfonamides is 1. The van der Waals surface area contributed by atoms with E-state index in [1.165, 1.54) is 36.4 Å². The van der Waals surface area contributed by atoms with E-state index in [9.17, 15) is 23.6 Å². The molecule has 0 aromatic heterocycles. The lowest BCUT2D eigenvalue weighted by Crippen LogP contribution is -2.13. The van der Waals surface area contributed by atoms with E-state index >= 15 is 0 Å². The number of nitrogens with one attached hydrogen (secondary N) is 1. The highest BCUT2D eigenvalue weighted by Gasteiger charge is 2.18. The van der Waals surface area contributed by atoms with Crippen LogP contribution in [0.5, 0.6) is 5.75 Å². The molecular formula is C13H12N2O5S. The Morgan fingerprint density at radius 2 is 1.90 bits per heavy atom. The van der Waals surface area contributed by atoms with E-state index in [0.717, 1.165) is 6.07 Å². The quantitative estimate of drug-likeness (QED) is 0.512. The lowest BCUT2D eigenvalue weighted by Gasteiger charge is -2.09. The Bertz CT molecular complexity index is 802. The van der Waals surface area contributed by atoms with Gasteiger partial charge in [0, 0.05) is 17.8 Å². The molecule has 0 unspecified atom stereocenters. The minimum atomic E-state index is -3.94. The number of hydrogen-bond acceptors (Lipinski definition) is 5. The van der Waals surface area contributed by atoms with Gasteiger partial charge in [0.25, 0.3) is 15.7 Å². The number of nitrogens with zero attached hydrogens (tertiary/aromatic N) is 1. The summed E-state index contributed by atoms with van der Waals surface area (Å²) in [5.74, 6) is 0.0493. The minimum absolute atomic E-state index is 0.0493. The van der Waals surface area contributed by atoms with Gasteiger partial charge in [0.2, 0.25) is 0 Å². The Labute approximate surface area is 121 Å². The molecule has 2 aromatic rings. The number of nitro benzene ring substituents is 1. The highest BCUT2D eigenvalue weighted by Crippen LogP contribution is 2.24. The lowest BCUT2D eigenvalue weighted by molar-refractivity contribution is -0.385. The van der Waals surface area contributed by atoms with Gasteiger partial charge in [0.05, 0.1) is 9.82 Å². The first kappa shape index (κ1) is 14.8. The fourth-order valence-electron chi connectivity index (χ4n) is 1.70. The average molecular weight is 308 g/mol. The highest BCUT2D eigenvalue weighted by atomic mass is 32.2. The SMILES string of the molecule is Cc1cc(NS(=O)(=O)c2cccc([N+](=O)[O-])c2)ccc1O. The first-order valence-corrected chi connectivity index (χ1v) is 7.35. The molecule has 2 rings (SSSR count). The van der Waals surface area contributed by atoms with E-state index in [4.69, 9.17) is 0 Å². The average Bonchev–Trinajstić information content (AvgIpc) is 2.43. The summed E-state index contributed by atoms with van der Waals surface area (Å²) in [4.78, 5) is 9.81. The van der Waals surface area contributed by atoms with Gasteiger partial charge in [-0.05, 0) is 36.8 Å². The summed E-state index contributed by atoms with van der Waals surface area (Å²) in [6.45, 7) is 1.63. The smallest absolute Gasteiger partial charge is 0.270 e. The van der Waals surface area contributed by atoms with Crippen molar-refractivity contribution in [3.8, 4) is 5.75 Å². The zero-order valence-electron chi connectivity index (χ0n) is 11.0. The molecule has 0 bridgehead atoms. The predicted octanol–water partition coefficient (Wildman–Crippen LogP) is 2.41. The van der Waals surface area contributed by atoms with Crippen molar-refractivity contribution in [2.45, 2.75) is 11.8 Å². The molecule has 2 aromatic carbocycles. The molecule has 2 N–H and O–H groups in total. The third-order valence-corrected chi connectivity index (χ3v) is 4.17. The van der Waals surface area contributed by atoms with Crippen LogP contribution in [0.25, 0.3) is 0 Å².